The maximum atomic E-state index is 12.1. The van der Waals surface area contributed by atoms with E-state index in [1.807, 2.05) is 0 Å². The molecule has 0 saturated carbocycles. The zero-order valence-corrected chi connectivity index (χ0v) is 12.4. The van der Waals surface area contributed by atoms with E-state index in [2.05, 4.69) is 25.8 Å². The number of aromatic nitrogens is 1. The first-order valence-electron chi connectivity index (χ1n) is 5.32. The van der Waals surface area contributed by atoms with Gasteiger partial charge in [-0.25, -0.2) is 13.1 Å². The summed E-state index contributed by atoms with van der Waals surface area (Å²) in [4.78, 5) is 0.00388. The van der Waals surface area contributed by atoms with E-state index in [0.29, 0.717) is 17.2 Å². The van der Waals surface area contributed by atoms with Crippen molar-refractivity contribution in [2.24, 2.45) is 5.73 Å². The third kappa shape index (κ3) is 3.24. The maximum Gasteiger partial charge on any atom is 0.245 e. The minimum atomic E-state index is -3.70. The average Bonchev–Trinajstić information content (AvgIpc) is 2.93. The van der Waals surface area contributed by atoms with E-state index in [0.717, 1.165) is 0 Å². The molecule has 0 aliphatic heterocycles. The lowest BCUT2D eigenvalue weighted by molar-refractivity contribution is 0.377. The molecule has 0 saturated heterocycles. The number of nitrogens with zero attached hydrogens (tertiary/aromatic N) is 1. The molecule has 0 aliphatic carbocycles. The molecule has 0 amide bonds. The van der Waals surface area contributed by atoms with Crippen molar-refractivity contribution in [2.45, 2.75) is 24.9 Å². The molecule has 2 aromatic heterocycles. The molecular weight excluding hydrogens is 338 g/mol. The normalized spacial score (nSPS) is 11.9. The molecule has 0 aliphatic rings. The quantitative estimate of drug-likeness (QED) is 0.840. The van der Waals surface area contributed by atoms with Gasteiger partial charge in [-0.2, -0.15) is 0 Å². The summed E-state index contributed by atoms with van der Waals surface area (Å²) in [5.74, 6) is 0.808. The van der Waals surface area contributed by atoms with E-state index in [4.69, 9.17) is 14.7 Å². The number of nitrogens with two attached hydrogens (primary N) is 1. The molecule has 3 N–H and O–H groups in total. The van der Waals surface area contributed by atoms with E-state index in [9.17, 15) is 8.42 Å². The Morgan fingerprint density at radius 1 is 1.42 bits per heavy atom. The second kappa shape index (κ2) is 5.45. The maximum absolute atomic E-state index is 12.1. The fourth-order valence-corrected chi connectivity index (χ4v) is 3.41. The van der Waals surface area contributed by atoms with Crippen molar-refractivity contribution in [1.29, 1.82) is 0 Å². The van der Waals surface area contributed by atoms with Crippen LogP contribution in [0.3, 0.4) is 0 Å². The van der Waals surface area contributed by atoms with Crippen LogP contribution in [-0.2, 0) is 23.1 Å². The van der Waals surface area contributed by atoms with Crippen LogP contribution in [0.4, 0.5) is 0 Å². The first-order valence-corrected chi connectivity index (χ1v) is 7.60. The minimum absolute atomic E-state index is 0.00388. The van der Waals surface area contributed by atoms with Gasteiger partial charge >= 0.3 is 0 Å². The fraction of sp³-hybridized carbons (Fsp3) is 0.300. The van der Waals surface area contributed by atoms with Crippen LogP contribution < -0.4 is 10.5 Å². The van der Waals surface area contributed by atoms with Gasteiger partial charge in [-0.3, -0.25) is 0 Å². The molecule has 9 heteroatoms. The third-order valence-corrected chi connectivity index (χ3v) is 4.57. The summed E-state index contributed by atoms with van der Waals surface area (Å²) in [7, 11) is -3.70. The highest BCUT2D eigenvalue weighted by molar-refractivity contribution is 9.10. The van der Waals surface area contributed by atoms with Crippen molar-refractivity contribution < 1.29 is 17.4 Å². The Labute approximate surface area is 118 Å². The average molecular weight is 350 g/mol. The number of furan rings is 1. The lowest BCUT2D eigenvalue weighted by Crippen LogP contribution is -2.22. The van der Waals surface area contributed by atoms with Crippen LogP contribution in [0.2, 0.25) is 0 Å². The highest BCUT2D eigenvalue weighted by Crippen LogP contribution is 2.25. The van der Waals surface area contributed by atoms with Crippen LogP contribution in [0.15, 0.2) is 30.6 Å². The van der Waals surface area contributed by atoms with Gasteiger partial charge in [0.2, 0.25) is 10.0 Å². The van der Waals surface area contributed by atoms with E-state index in [1.165, 1.54) is 6.07 Å². The number of aryl methyl sites for hydroxylation is 1. The number of hydrogen-bond donors (Lipinski definition) is 2. The molecular formula is C10H12BrN3O4S. The Kier molecular flexibility index (Phi) is 4.09. The largest absolute Gasteiger partial charge is 0.452 e. The van der Waals surface area contributed by atoms with Crippen molar-refractivity contribution in [1.82, 2.24) is 9.88 Å². The van der Waals surface area contributed by atoms with Crippen LogP contribution in [0, 0.1) is 6.92 Å². The summed E-state index contributed by atoms with van der Waals surface area (Å²) in [6.07, 6.45) is 0. The summed E-state index contributed by atoms with van der Waals surface area (Å²) in [5, 5.41) is 3.67. The smallest absolute Gasteiger partial charge is 0.245 e. The predicted molar refractivity (Wildman–Crippen MR) is 69.6 cm³/mol. The summed E-state index contributed by atoms with van der Waals surface area (Å²) in [5.41, 5.74) is 6.07. The molecule has 2 rings (SSSR count). The van der Waals surface area contributed by atoms with Gasteiger partial charge in [0.05, 0.1) is 18.8 Å². The zero-order chi connectivity index (χ0) is 14.0. The molecule has 2 aromatic rings. The number of hydrogen-bond acceptors (Lipinski definition) is 6. The predicted octanol–water partition coefficient (Wildman–Crippen LogP) is 1.28. The van der Waals surface area contributed by atoms with Crippen molar-refractivity contribution in [2.75, 3.05) is 0 Å². The van der Waals surface area contributed by atoms with Gasteiger partial charge in [-0.05, 0) is 22.9 Å². The van der Waals surface area contributed by atoms with Crippen LogP contribution >= 0.6 is 15.9 Å². The van der Waals surface area contributed by atoms with Gasteiger partial charge < -0.3 is 14.7 Å². The standard InChI is InChI=1S/C10H12BrN3O4S/c1-6-2-8(18-14-6)5-13-19(15,16)9-3-7(4-12)17-10(9)11/h2-3,13H,4-5,12H2,1H3. The number of halogens is 1. The SMILES string of the molecule is Cc1cc(CNS(=O)(=O)c2cc(CN)oc2Br)on1. The molecule has 19 heavy (non-hydrogen) atoms. The van der Waals surface area contributed by atoms with E-state index < -0.39 is 10.0 Å². The van der Waals surface area contributed by atoms with Gasteiger partial charge in [-0.1, -0.05) is 5.16 Å². The first-order chi connectivity index (χ1) is 8.92. The van der Waals surface area contributed by atoms with Crippen molar-refractivity contribution in [3.63, 3.8) is 0 Å². The molecule has 0 fully saturated rings. The Balaban J connectivity index is 2.15. The summed E-state index contributed by atoms with van der Waals surface area (Å²) >= 11 is 3.05. The molecule has 7 nitrogen and oxygen atoms in total. The Bertz CT molecular complexity index is 677. The lowest BCUT2D eigenvalue weighted by atomic mass is 10.4. The molecule has 0 aromatic carbocycles. The van der Waals surface area contributed by atoms with Crippen LogP contribution in [0.1, 0.15) is 17.2 Å². The van der Waals surface area contributed by atoms with Gasteiger partial charge in [0.1, 0.15) is 10.7 Å². The molecule has 104 valence electrons. The topological polar surface area (TPSA) is 111 Å². The van der Waals surface area contributed by atoms with Crippen molar-refractivity contribution >= 4 is 26.0 Å². The van der Waals surface area contributed by atoms with Crippen molar-refractivity contribution in [3.8, 4) is 0 Å². The Morgan fingerprint density at radius 3 is 2.68 bits per heavy atom. The van der Waals surface area contributed by atoms with Gasteiger partial charge in [0.15, 0.2) is 10.4 Å². The summed E-state index contributed by atoms with van der Waals surface area (Å²) in [6.45, 7) is 1.88. The highest BCUT2D eigenvalue weighted by atomic mass is 79.9. The van der Waals surface area contributed by atoms with Crippen LogP contribution in [0.5, 0.6) is 0 Å². The molecule has 0 atom stereocenters. The molecule has 2 heterocycles. The summed E-state index contributed by atoms with van der Waals surface area (Å²) < 4.78 is 36.7. The van der Waals surface area contributed by atoms with E-state index in [1.54, 1.807) is 13.0 Å². The Hall–Kier alpha value is -1.16. The van der Waals surface area contributed by atoms with Crippen LogP contribution in [0.25, 0.3) is 0 Å². The van der Waals surface area contributed by atoms with Gasteiger partial charge in [0.25, 0.3) is 0 Å². The number of rotatable bonds is 5. The number of nitrogens with one attached hydrogen (secondary N) is 1. The summed E-state index contributed by atoms with van der Waals surface area (Å²) in [6, 6.07) is 3.02. The van der Waals surface area contributed by atoms with Gasteiger partial charge in [0, 0.05) is 12.1 Å². The Morgan fingerprint density at radius 2 is 2.16 bits per heavy atom. The fourth-order valence-electron chi connectivity index (χ4n) is 1.43. The van der Waals surface area contributed by atoms with E-state index in [-0.39, 0.29) is 22.7 Å². The van der Waals surface area contributed by atoms with Crippen LogP contribution in [-0.4, -0.2) is 13.6 Å². The molecule has 0 bridgehead atoms. The highest BCUT2D eigenvalue weighted by Gasteiger charge is 2.22. The zero-order valence-electron chi connectivity index (χ0n) is 10.0. The molecule has 0 unspecified atom stereocenters. The van der Waals surface area contributed by atoms with Gasteiger partial charge in [-0.15, -0.1) is 0 Å². The van der Waals surface area contributed by atoms with E-state index >= 15 is 0 Å². The lowest BCUT2D eigenvalue weighted by Gasteiger charge is -2.02. The molecule has 0 radical (unpaired) electrons. The van der Waals surface area contributed by atoms with Crippen molar-refractivity contribution in [3.05, 3.63) is 34.0 Å². The molecule has 0 spiro atoms. The first kappa shape index (κ1) is 14.3. The second-order valence-corrected chi connectivity index (χ2v) is 6.27. The number of sulfonamides is 1. The second-order valence-electron chi connectivity index (χ2n) is 3.81. The third-order valence-electron chi connectivity index (χ3n) is 2.31. The monoisotopic (exact) mass is 349 g/mol. The minimum Gasteiger partial charge on any atom is -0.452 e.